The molecule has 2 heterocycles. The summed E-state index contributed by atoms with van der Waals surface area (Å²) < 4.78 is 6.39. The van der Waals surface area contributed by atoms with E-state index in [2.05, 4.69) is 73.3 Å². The summed E-state index contributed by atoms with van der Waals surface area (Å²) in [5, 5.41) is 2.02. The second-order valence-electron chi connectivity index (χ2n) is 10.5. The second kappa shape index (κ2) is 12.2. The molecule has 0 N–H and O–H groups in total. The van der Waals surface area contributed by atoms with Crippen LogP contribution in [0.2, 0.25) is 0 Å². The van der Waals surface area contributed by atoms with Crippen LogP contribution in [0.25, 0.3) is 67.2 Å². The SMILES string of the molecule is C=C/C=C\C=C/Cc1ccc(-c2nc(-c3ccccc3)nc(-c3cccc4oc5cc(-c6ccccc6)ccc5c34)n2)cc1. The third-order valence-electron chi connectivity index (χ3n) is 7.57. The Balaban J connectivity index is 1.33. The lowest BCUT2D eigenvalue weighted by Crippen LogP contribution is -2.00. The summed E-state index contributed by atoms with van der Waals surface area (Å²) in [6, 6.07) is 41.2. The van der Waals surface area contributed by atoms with E-state index in [-0.39, 0.29) is 0 Å². The van der Waals surface area contributed by atoms with E-state index in [1.165, 1.54) is 5.56 Å². The Morgan fingerprint density at radius 3 is 1.93 bits per heavy atom. The summed E-state index contributed by atoms with van der Waals surface area (Å²) in [5.41, 5.74) is 7.87. The monoisotopic (exact) mass is 567 g/mol. The lowest BCUT2D eigenvalue weighted by atomic mass is 10.0. The number of rotatable bonds is 8. The van der Waals surface area contributed by atoms with Crippen LogP contribution in [0.5, 0.6) is 0 Å². The highest BCUT2D eigenvalue weighted by atomic mass is 16.3. The van der Waals surface area contributed by atoms with Crippen molar-refractivity contribution in [2.45, 2.75) is 6.42 Å². The van der Waals surface area contributed by atoms with Gasteiger partial charge in [-0.2, -0.15) is 0 Å². The summed E-state index contributed by atoms with van der Waals surface area (Å²) in [7, 11) is 0. The third kappa shape index (κ3) is 5.49. The van der Waals surface area contributed by atoms with Gasteiger partial charge >= 0.3 is 0 Å². The predicted molar refractivity (Wildman–Crippen MR) is 181 cm³/mol. The lowest BCUT2D eigenvalue weighted by molar-refractivity contribution is 0.669. The molecule has 0 saturated carbocycles. The maximum absolute atomic E-state index is 6.39. The number of benzene rings is 5. The molecule has 7 aromatic rings. The Morgan fingerprint density at radius 1 is 0.545 bits per heavy atom. The van der Waals surface area contributed by atoms with Crippen molar-refractivity contribution in [2.24, 2.45) is 0 Å². The molecule has 0 aliphatic heterocycles. The zero-order valence-corrected chi connectivity index (χ0v) is 24.1. The van der Waals surface area contributed by atoms with Gasteiger partial charge in [-0.25, -0.2) is 15.0 Å². The van der Waals surface area contributed by atoms with Gasteiger partial charge in [0.05, 0.1) is 0 Å². The molecule has 4 nitrogen and oxygen atoms in total. The van der Waals surface area contributed by atoms with Gasteiger partial charge < -0.3 is 4.42 Å². The number of aromatic nitrogens is 3. The van der Waals surface area contributed by atoms with Crippen molar-refractivity contribution >= 4 is 21.9 Å². The summed E-state index contributed by atoms with van der Waals surface area (Å²) in [6.45, 7) is 3.70. The first-order valence-corrected chi connectivity index (χ1v) is 14.6. The molecule has 7 rings (SSSR count). The molecule has 0 fully saturated rings. The number of hydrogen-bond donors (Lipinski definition) is 0. The van der Waals surface area contributed by atoms with Gasteiger partial charge in [0.25, 0.3) is 0 Å². The third-order valence-corrected chi connectivity index (χ3v) is 7.57. The largest absolute Gasteiger partial charge is 0.456 e. The fourth-order valence-electron chi connectivity index (χ4n) is 5.38. The van der Waals surface area contributed by atoms with E-state index >= 15 is 0 Å². The molecule has 0 saturated heterocycles. The van der Waals surface area contributed by atoms with E-state index in [1.807, 2.05) is 78.9 Å². The Labute approximate surface area is 256 Å². The molecule has 0 radical (unpaired) electrons. The normalized spacial score (nSPS) is 11.6. The highest BCUT2D eigenvalue weighted by Crippen LogP contribution is 2.38. The average Bonchev–Trinajstić information content (AvgIpc) is 3.47. The number of allylic oxidation sites excluding steroid dienone is 5. The van der Waals surface area contributed by atoms with E-state index in [1.54, 1.807) is 6.08 Å². The topological polar surface area (TPSA) is 51.8 Å². The number of hydrogen-bond acceptors (Lipinski definition) is 4. The van der Waals surface area contributed by atoms with E-state index in [9.17, 15) is 0 Å². The first-order chi connectivity index (χ1) is 21.8. The van der Waals surface area contributed by atoms with Crippen LogP contribution in [0.3, 0.4) is 0 Å². The number of nitrogens with zero attached hydrogens (tertiary/aromatic N) is 3. The Hall–Kier alpha value is -5.87. The van der Waals surface area contributed by atoms with Gasteiger partial charge in [0.2, 0.25) is 0 Å². The number of furan rings is 1. The lowest BCUT2D eigenvalue weighted by Gasteiger charge is -2.09. The zero-order chi connectivity index (χ0) is 29.7. The van der Waals surface area contributed by atoms with Gasteiger partial charge in [-0.15, -0.1) is 0 Å². The summed E-state index contributed by atoms with van der Waals surface area (Å²) in [5.74, 6) is 1.86. The molecule has 0 aliphatic rings. The Bertz CT molecular complexity index is 2140. The van der Waals surface area contributed by atoms with Crippen molar-refractivity contribution in [1.82, 2.24) is 15.0 Å². The van der Waals surface area contributed by atoms with Gasteiger partial charge in [0.15, 0.2) is 17.5 Å². The van der Waals surface area contributed by atoms with Crippen LogP contribution in [0.4, 0.5) is 0 Å². The van der Waals surface area contributed by atoms with Crippen LogP contribution in [0.1, 0.15) is 5.56 Å². The predicted octanol–water partition coefficient (Wildman–Crippen LogP) is 10.3. The maximum Gasteiger partial charge on any atom is 0.164 e. The fourth-order valence-corrected chi connectivity index (χ4v) is 5.38. The maximum atomic E-state index is 6.39. The van der Waals surface area contributed by atoms with E-state index in [0.717, 1.165) is 56.2 Å². The number of fused-ring (bicyclic) bond motifs is 3. The van der Waals surface area contributed by atoms with Crippen molar-refractivity contribution in [1.29, 1.82) is 0 Å². The molecule has 44 heavy (non-hydrogen) atoms. The molecule has 0 unspecified atom stereocenters. The minimum absolute atomic E-state index is 0.607. The molecular weight excluding hydrogens is 538 g/mol. The molecule has 5 aromatic carbocycles. The van der Waals surface area contributed by atoms with Crippen molar-refractivity contribution < 1.29 is 4.42 Å². The van der Waals surface area contributed by atoms with Gasteiger partial charge in [-0.05, 0) is 41.3 Å². The van der Waals surface area contributed by atoms with Crippen molar-refractivity contribution in [3.8, 4) is 45.3 Å². The van der Waals surface area contributed by atoms with Crippen LogP contribution < -0.4 is 0 Å². The summed E-state index contributed by atoms with van der Waals surface area (Å²) in [6.07, 6.45) is 10.6. The second-order valence-corrected chi connectivity index (χ2v) is 10.5. The van der Waals surface area contributed by atoms with Crippen LogP contribution in [-0.4, -0.2) is 15.0 Å². The van der Waals surface area contributed by atoms with Gasteiger partial charge in [-0.3, -0.25) is 0 Å². The zero-order valence-electron chi connectivity index (χ0n) is 24.1. The molecule has 0 bridgehead atoms. The minimum atomic E-state index is 0.607. The molecule has 2 aromatic heterocycles. The van der Waals surface area contributed by atoms with Crippen LogP contribution >= 0.6 is 0 Å². The van der Waals surface area contributed by atoms with Crippen LogP contribution in [-0.2, 0) is 6.42 Å². The minimum Gasteiger partial charge on any atom is -0.456 e. The van der Waals surface area contributed by atoms with E-state index in [4.69, 9.17) is 19.4 Å². The van der Waals surface area contributed by atoms with Gasteiger partial charge in [0, 0.05) is 27.5 Å². The van der Waals surface area contributed by atoms with Crippen molar-refractivity contribution in [2.75, 3.05) is 0 Å². The molecule has 0 spiro atoms. The molecule has 0 aliphatic carbocycles. The van der Waals surface area contributed by atoms with Gasteiger partial charge in [0.1, 0.15) is 11.2 Å². The standard InChI is InChI=1S/C40H29N3O/c1-2-3-4-5-8-14-28-21-23-31(24-22-28)39-41-38(30-17-11-7-12-18-30)42-40(43-39)34-19-13-20-35-37(34)33-26-25-32(27-36(33)44-35)29-15-9-6-10-16-29/h2-13,15-27H,1,14H2/b4-3-,8-5-. The first kappa shape index (κ1) is 27.0. The van der Waals surface area contributed by atoms with Gasteiger partial charge in [-0.1, -0.05) is 140 Å². The van der Waals surface area contributed by atoms with Crippen LogP contribution in [0.15, 0.2) is 163 Å². The first-order valence-electron chi connectivity index (χ1n) is 14.6. The highest BCUT2D eigenvalue weighted by Gasteiger charge is 2.18. The quantitative estimate of drug-likeness (QED) is 0.171. The van der Waals surface area contributed by atoms with Crippen molar-refractivity contribution in [3.05, 3.63) is 164 Å². The average molecular weight is 568 g/mol. The molecule has 4 heteroatoms. The summed E-state index contributed by atoms with van der Waals surface area (Å²) >= 11 is 0. The smallest absolute Gasteiger partial charge is 0.164 e. The van der Waals surface area contributed by atoms with Crippen LogP contribution in [0, 0.1) is 0 Å². The molecule has 0 atom stereocenters. The van der Waals surface area contributed by atoms with Crippen molar-refractivity contribution in [3.63, 3.8) is 0 Å². The Kier molecular flexibility index (Phi) is 7.46. The fraction of sp³-hybridized carbons (Fsp3) is 0.0250. The molecule has 210 valence electrons. The van der Waals surface area contributed by atoms with E-state index < -0.39 is 0 Å². The Morgan fingerprint density at radius 2 is 1.20 bits per heavy atom. The molecular formula is C40H29N3O. The highest BCUT2D eigenvalue weighted by molar-refractivity contribution is 6.12. The summed E-state index contributed by atoms with van der Waals surface area (Å²) in [4.78, 5) is 14.9. The van der Waals surface area contributed by atoms with E-state index in [0.29, 0.717) is 17.5 Å². The molecule has 0 amide bonds.